The maximum atomic E-state index is 10.7. The Labute approximate surface area is 81.1 Å². The predicted molar refractivity (Wildman–Crippen MR) is 48.7 cm³/mol. The first kappa shape index (κ1) is 11.7. The molecule has 14 heavy (non-hydrogen) atoms. The lowest BCUT2D eigenvalue weighted by molar-refractivity contribution is -0.135. The van der Waals surface area contributed by atoms with Crippen LogP contribution in [0.2, 0.25) is 0 Å². The molecular formula is C10H8O4. The highest BCUT2D eigenvalue weighted by Gasteiger charge is 1.97. The second-order valence-electron chi connectivity index (χ2n) is 1.85. The first-order valence-electron chi connectivity index (χ1n) is 3.48. The highest BCUT2D eigenvalue weighted by atomic mass is 16.5. The average Bonchev–Trinajstić information content (AvgIpc) is 2.20. The summed E-state index contributed by atoms with van der Waals surface area (Å²) in [6.07, 6.45) is 3.77. The fourth-order valence-electron chi connectivity index (χ4n) is 0.414. The molecule has 0 rings (SSSR count). The molecule has 72 valence electrons. The monoisotopic (exact) mass is 192 g/mol. The second kappa shape index (κ2) is 7.37. The molecule has 0 radical (unpaired) electrons. The van der Waals surface area contributed by atoms with Crippen molar-refractivity contribution in [3.63, 3.8) is 0 Å². The van der Waals surface area contributed by atoms with E-state index in [0.29, 0.717) is 0 Å². The Kier molecular flexibility index (Phi) is 6.17. The molecule has 0 saturated heterocycles. The minimum Gasteiger partial charge on any atom is -0.423 e. The molecule has 0 saturated carbocycles. The van der Waals surface area contributed by atoms with Gasteiger partial charge in [0.25, 0.3) is 0 Å². The van der Waals surface area contributed by atoms with Gasteiger partial charge >= 0.3 is 11.9 Å². The van der Waals surface area contributed by atoms with Crippen LogP contribution in [0.1, 0.15) is 0 Å². The molecule has 0 bridgehead atoms. The van der Waals surface area contributed by atoms with Crippen molar-refractivity contribution in [3.8, 4) is 0 Å². The first-order chi connectivity index (χ1) is 6.70. The minimum absolute atomic E-state index is 0.722. The number of carbonyl (C=O) groups is 2. The summed E-state index contributed by atoms with van der Waals surface area (Å²) in [4.78, 5) is 21.5. The molecule has 0 aliphatic carbocycles. The van der Waals surface area contributed by atoms with E-state index < -0.39 is 11.9 Å². The van der Waals surface area contributed by atoms with E-state index >= 15 is 0 Å². The smallest absolute Gasteiger partial charge is 0.336 e. The number of ether oxygens (including phenoxy) is 2. The van der Waals surface area contributed by atoms with Crippen LogP contribution in [0.15, 0.2) is 49.3 Å². The van der Waals surface area contributed by atoms with Crippen LogP contribution < -0.4 is 0 Å². The highest BCUT2D eigenvalue weighted by molar-refractivity contribution is 5.92. The molecule has 0 aromatic heterocycles. The van der Waals surface area contributed by atoms with Crippen LogP contribution >= 0.6 is 0 Å². The predicted octanol–water partition coefficient (Wildman–Crippen LogP) is 1.23. The lowest BCUT2D eigenvalue weighted by Gasteiger charge is -1.90. The van der Waals surface area contributed by atoms with E-state index in [2.05, 4.69) is 34.1 Å². The number of hydrogen-bond donors (Lipinski definition) is 0. The molecule has 0 aromatic carbocycles. The van der Waals surface area contributed by atoms with E-state index in [1.165, 1.54) is 0 Å². The number of rotatable bonds is 4. The summed E-state index contributed by atoms with van der Waals surface area (Å²) < 4.78 is 8.75. The molecule has 0 amide bonds. The van der Waals surface area contributed by atoms with Crippen LogP contribution in [0.4, 0.5) is 0 Å². The summed E-state index contributed by atoms with van der Waals surface area (Å²) in [5.41, 5.74) is 4.46. The lowest BCUT2D eigenvalue weighted by atomic mass is 10.5. The summed E-state index contributed by atoms with van der Waals surface area (Å²) in [5.74, 6) is -1.44. The molecule has 4 nitrogen and oxygen atoms in total. The Balaban J connectivity index is 4.02. The van der Waals surface area contributed by atoms with Crippen LogP contribution in [0.3, 0.4) is 0 Å². The van der Waals surface area contributed by atoms with Gasteiger partial charge in [-0.25, -0.2) is 9.59 Å². The number of hydrogen-bond acceptors (Lipinski definition) is 4. The Morgan fingerprint density at radius 2 is 1.29 bits per heavy atom. The van der Waals surface area contributed by atoms with Gasteiger partial charge in [-0.05, 0) is 0 Å². The van der Waals surface area contributed by atoms with Crippen molar-refractivity contribution in [1.82, 2.24) is 0 Å². The van der Waals surface area contributed by atoms with Crippen molar-refractivity contribution >= 4 is 11.9 Å². The van der Waals surface area contributed by atoms with E-state index in [4.69, 9.17) is 0 Å². The third-order valence-corrected chi connectivity index (χ3v) is 0.872. The molecule has 0 heterocycles. The Morgan fingerprint density at radius 1 is 0.929 bits per heavy atom. The molecule has 0 fully saturated rings. The summed E-state index contributed by atoms with van der Waals surface area (Å²) in [5, 5.41) is 0. The standard InChI is InChI=1S/C10H8O4/c1-3-7-13-9(11)5-6-10(12)14-8-4-2/h5-8H,1-2H2/b6-5-. The number of carbonyl (C=O) groups excluding carboxylic acids is 2. The third kappa shape index (κ3) is 6.43. The number of esters is 2. The van der Waals surface area contributed by atoms with E-state index in [-0.39, 0.29) is 0 Å². The molecule has 0 aliphatic heterocycles. The van der Waals surface area contributed by atoms with Gasteiger partial charge in [0.1, 0.15) is 12.5 Å². The SMILES string of the molecule is C=C=COC(=O)/C=C\C(=O)OC=C=C. The average molecular weight is 192 g/mol. The summed E-state index contributed by atoms with van der Waals surface area (Å²) in [7, 11) is 0. The van der Waals surface area contributed by atoms with Gasteiger partial charge < -0.3 is 9.47 Å². The van der Waals surface area contributed by atoms with Crippen LogP contribution in [0.25, 0.3) is 0 Å². The lowest BCUT2D eigenvalue weighted by Crippen LogP contribution is -1.98. The quantitative estimate of drug-likeness (QED) is 0.291. The third-order valence-electron chi connectivity index (χ3n) is 0.872. The maximum Gasteiger partial charge on any atom is 0.336 e. The van der Waals surface area contributed by atoms with Gasteiger partial charge in [-0.3, -0.25) is 0 Å². The molecule has 0 N–H and O–H groups in total. The van der Waals surface area contributed by atoms with Crippen LogP contribution in [0, 0.1) is 0 Å². The van der Waals surface area contributed by atoms with E-state index in [1.807, 2.05) is 0 Å². The van der Waals surface area contributed by atoms with Gasteiger partial charge in [0.2, 0.25) is 0 Å². The van der Waals surface area contributed by atoms with Crippen molar-refractivity contribution < 1.29 is 19.1 Å². The zero-order valence-corrected chi connectivity index (χ0v) is 7.36. The Morgan fingerprint density at radius 3 is 1.57 bits per heavy atom. The van der Waals surface area contributed by atoms with Crippen molar-refractivity contribution in [1.29, 1.82) is 0 Å². The minimum atomic E-state index is -0.722. The fourth-order valence-corrected chi connectivity index (χ4v) is 0.414. The molecular weight excluding hydrogens is 184 g/mol. The second-order valence-corrected chi connectivity index (χ2v) is 1.85. The van der Waals surface area contributed by atoms with Gasteiger partial charge in [0, 0.05) is 12.2 Å². The fraction of sp³-hybridized carbons (Fsp3) is 0. The Bertz CT molecular complexity index is 305. The summed E-state index contributed by atoms with van der Waals surface area (Å²) in [6, 6.07) is 0. The van der Waals surface area contributed by atoms with Crippen LogP contribution in [0.5, 0.6) is 0 Å². The van der Waals surface area contributed by atoms with Crippen molar-refractivity contribution in [2.24, 2.45) is 0 Å². The van der Waals surface area contributed by atoms with Crippen molar-refractivity contribution in [2.75, 3.05) is 0 Å². The topological polar surface area (TPSA) is 52.6 Å². The Hall–Kier alpha value is -2.28. The summed E-state index contributed by atoms with van der Waals surface area (Å²) in [6.45, 7) is 6.35. The molecule has 0 spiro atoms. The summed E-state index contributed by atoms with van der Waals surface area (Å²) >= 11 is 0. The van der Waals surface area contributed by atoms with Crippen molar-refractivity contribution in [3.05, 3.63) is 49.3 Å². The molecule has 0 aliphatic rings. The van der Waals surface area contributed by atoms with Gasteiger partial charge in [-0.1, -0.05) is 24.6 Å². The molecule has 0 unspecified atom stereocenters. The van der Waals surface area contributed by atoms with Gasteiger partial charge in [0.15, 0.2) is 0 Å². The van der Waals surface area contributed by atoms with Gasteiger partial charge in [-0.15, -0.1) is 0 Å². The van der Waals surface area contributed by atoms with E-state index in [0.717, 1.165) is 24.7 Å². The van der Waals surface area contributed by atoms with Gasteiger partial charge in [0.05, 0.1) is 0 Å². The maximum absolute atomic E-state index is 10.7. The van der Waals surface area contributed by atoms with Gasteiger partial charge in [-0.2, -0.15) is 0 Å². The van der Waals surface area contributed by atoms with E-state index in [9.17, 15) is 9.59 Å². The zero-order chi connectivity index (χ0) is 10.8. The van der Waals surface area contributed by atoms with Crippen LogP contribution in [-0.2, 0) is 19.1 Å². The normalized spacial score (nSPS) is 8.29. The highest BCUT2D eigenvalue weighted by Crippen LogP contribution is 1.85. The molecule has 0 aromatic rings. The van der Waals surface area contributed by atoms with E-state index in [1.54, 1.807) is 0 Å². The molecule has 0 atom stereocenters. The zero-order valence-electron chi connectivity index (χ0n) is 7.36. The van der Waals surface area contributed by atoms with Crippen LogP contribution in [-0.4, -0.2) is 11.9 Å². The molecule has 4 heteroatoms. The first-order valence-corrected chi connectivity index (χ1v) is 3.48. The van der Waals surface area contributed by atoms with Crippen molar-refractivity contribution in [2.45, 2.75) is 0 Å². The largest absolute Gasteiger partial charge is 0.423 e.